The largest absolute Gasteiger partial charge is 0.366 e. The van der Waals surface area contributed by atoms with E-state index in [1.807, 2.05) is 17.3 Å². The number of thiophene rings is 1. The SMILES string of the molecule is CN1CCC(N(C)C2=C(c3cccs3)C(=O)N(c3cc(F)ccc3F)C2=O)CC1. The number of rotatable bonds is 4. The number of amides is 2. The summed E-state index contributed by atoms with van der Waals surface area (Å²) in [5.74, 6) is -2.78. The zero-order valence-corrected chi connectivity index (χ0v) is 17.0. The predicted molar refractivity (Wildman–Crippen MR) is 108 cm³/mol. The third-order valence-corrected chi connectivity index (χ3v) is 6.45. The smallest absolute Gasteiger partial charge is 0.282 e. The van der Waals surface area contributed by atoms with Crippen molar-refractivity contribution in [2.75, 3.05) is 32.1 Å². The Kier molecular flexibility index (Phi) is 5.23. The van der Waals surface area contributed by atoms with Gasteiger partial charge in [-0.05, 0) is 56.6 Å². The van der Waals surface area contributed by atoms with Crippen LogP contribution in [0.25, 0.3) is 5.57 Å². The van der Waals surface area contributed by atoms with E-state index in [1.165, 1.54) is 11.3 Å². The van der Waals surface area contributed by atoms with Gasteiger partial charge in [0.2, 0.25) is 0 Å². The Labute approximate surface area is 171 Å². The molecule has 0 radical (unpaired) electrons. The van der Waals surface area contributed by atoms with Crippen LogP contribution in [0.4, 0.5) is 14.5 Å². The Balaban J connectivity index is 1.78. The van der Waals surface area contributed by atoms with Gasteiger partial charge in [0, 0.05) is 24.0 Å². The first-order valence-electron chi connectivity index (χ1n) is 9.42. The Bertz CT molecular complexity index is 982. The van der Waals surface area contributed by atoms with E-state index in [4.69, 9.17) is 0 Å². The zero-order valence-electron chi connectivity index (χ0n) is 16.2. The summed E-state index contributed by atoms with van der Waals surface area (Å²) in [5, 5.41) is 1.82. The van der Waals surface area contributed by atoms with Crippen LogP contribution in [0.15, 0.2) is 41.4 Å². The molecule has 1 saturated heterocycles. The van der Waals surface area contributed by atoms with Crippen molar-refractivity contribution in [3.05, 3.63) is 57.9 Å². The van der Waals surface area contributed by atoms with Crippen LogP contribution in [-0.4, -0.2) is 54.8 Å². The van der Waals surface area contributed by atoms with Crippen molar-refractivity contribution in [3.8, 4) is 0 Å². The minimum atomic E-state index is -0.818. The average molecular weight is 417 g/mol. The summed E-state index contributed by atoms with van der Waals surface area (Å²) in [5.41, 5.74) is 0.131. The molecule has 1 aromatic carbocycles. The van der Waals surface area contributed by atoms with Crippen molar-refractivity contribution in [2.45, 2.75) is 18.9 Å². The first-order chi connectivity index (χ1) is 13.9. The molecule has 152 valence electrons. The fraction of sp³-hybridized carbons (Fsp3) is 0.333. The number of nitrogens with zero attached hydrogens (tertiary/aromatic N) is 3. The Morgan fingerprint density at radius 1 is 1.10 bits per heavy atom. The fourth-order valence-electron chi connectivity index (χ4n) is 3.93. The van der Waals surface area contributed by atoms with Crippen molar-refractivity contribution in [2.24, 2.45) is 0 Å². The lowest BCUT2D eigenvalue weighted by Gasteiger charge is -2.36. The lowest BCUT2D eigenvalue weighted by Crippen LogP contribution is -2.43. The van der Waals surface area contributed by atoms with E-state index < -0.39 is 23.4 Å². The standard InChI is InChI=1S/C21H21F2N3O2S/c1-24-9-7-14(8-10-24)25(2)19-18(17-4-3-11-29-17)20(27)26(21(19)28)16-12-13(22)5-6-15(16)23/h3-6,11-12,14H,7-10H2,1-2H3. The molecule has 2 aromatic rings. The molecule has 1 aromatic heterocycles. The molecule has 0 N–H and O–H groups in total. The van der Waals surface area contributed by atoms with Crippen LogP contribution in [0, 0.1) is 11.6 Å². The molecule has 2 amide bonds. The predicted octanol–water partition coefficient (Wildman–Crippen LogP) is 3.34. The van der Waals surface area contributed by atoms with Crippen LogP contribution in [0.3, 0.4) is 0 Å². The van der Waals surface area contributed by atoms with E-state index in [0.717, 1.165) is 49.0 Å². The zero-order chi connectivity index (χ0) is 20.7. The highest BCUT2D eigenvalue weighted by Gasteiger charge is 2.44. The van der Waals surface area contributed by atoms with Crippen LogP contribution in [0.2, 0.25) is 0 Å². The molecule has 2 aliphatic heterocycles. The van der Waals surface area contributed by atoms with E-state index >= 15 is 0 Å². The number of benzene rings is 1. The third-order valence-electron chi connectivity index (χ3n) is 5.56. The summed E-state index contributed by atoms with van der Waals surface area (Å²) in [7, 11) is 3.85. The number of hydrogen-bond acceptors (Lipinski definition) is 5. The molecule has 8 heteroatoms. The normalized spacial score (nSPS) is 18.8. The summed E-state index contributed by atoms with van der Waals surface area (Å²) in [6, 6.07) is 6.42. The van der Waals surface area contributed by atoms with Crippen LogP contribution < -0.4 is 4.90 Å². The van der Waals surface area contributed by atoms with Crippen LogP contribution in [0.5, 0.6) is 0 Å². The second-order valence-corrected chi connectivity index (χ2v) is 8.34. The average Bonchev–Trinajstić information content (AvgIpc) is 3.30. The molecule has 1 fully saturated rings. The monoisotopic (exact) mass is 417 g/mol. The molecule has 4 rings (SSSR count). The molecular formula is C21H21F2N3O2S. The first-order valence-corrected chi connectivity index (χ1v) is 10.3. The second kappa shape index (κ2) is 7.68. The van der Waals surface area contributed by atoms with E-state index in [2.05, 4.69) is 4.90 Å². The second-order valence-electron chi connectivity index (χ2n) is 7.39. The number of piperidine rings is 1. The van der Waals surface area contributed by atoms with Gasteiger partial charge in [-0.15, -0.1) is 11.3 Å². The molecule has 0 atom stereocenters. The van der Waals surface area contributed by atoms with E-state index in [0.29, 0.717) is 4.88 Å². The number of carbonyl (C=O) groups is 2. The van der Waals surface area contributed by atoms with Gasteiger partial charge in [-0.1, -0.05) is 6.07 Å². The minimum absolute atomic E-state index is 0.0882. The van der Waals surface area contributed by atoms with Gasteiger partial charge in [0.1, 0.15) is 17.3 Å². The van der Waals surface area contributed by atoms with Crippen molar-refractivity contribution in [1.29, 1.82) is 0 Å². The number of hydrogen-bond donors (Lipinski definition) is 0. The highest BCUT2D eigenvalue weighted by atomic mass is 32.1. The number of anilines is 1. The van der Waals surface area contributed by atoms with Gasteiger partial charge in [0.15, 0.2) is 0 Å². The molecule has 3 heterocycles. The summed E-state index contributed by atoms with van der Waals surface area (Å²) < 4.78 is 28.2. The van der Waals surface area contributed by atoms with Crippen LogP contribution >= 0.6 is 11.3 Å². The lowest BCUT2D eigenvalue weighted by atomic mass is 10.0. The van der Waals surface area contributed by atoms with E-state index in [-0.39, 0.29) is 23.0 Å². The van der Waals surface area contributed by atoms with E-state index in [1.54, 1.807) is 19.2 Å². The molecule has 2 aliphatic rings. The number of likely N-dealkylation sites (N-methyl/N-ethyl adjacent to an activating group) is 1. The highest BCUT2D eigenvalue weighted by molar-refractivity contribution is 7.11. The van der Waals surface area contributed by atoms with Gasteiger partial charge in [0.05, 0.1) is 11.3 Å². The highest BCUT2D eigenvalue weighted by Crippen LogP contribution is 2.38. The number of imide groups is 1. The maximum absolute atomic E-state index is 14.4. The topological polar surface area (TPSA) is 43.9 Å². The number of carbonyl (C=O) groups excluding carboxylic acids is 2. The Hall–Kier alpha value is -2.58. The molecule has 0 spiro atoms. The lowest BCUT2D eigenvalue weighted by molar-refractivity contribution is -0.120. The van der Waals surface area contributed by atoms with Gasteiger partial charge >= 0.3 is 0 Å². The minimum Gasteiger partial charge on any atom is -0.366 e. The van der Waals surface area contributed by atoms with Crippen molar-refractivity contribution in [1.82, 2.24) is 9.80 Å². The van der Waals surface area contributed by atoms with Crippen molar-refractivity contribution < 1.29 is 18.4 Å². The molecule has 29 heavy (non-hydrogen) atoms. The maximum atomic E-state index is 14.4. The molecule has 5 nitrogen and oxygen atoms in total. The summed E-state index contributed by atoms with van der Waals surface area (Å²) in [6.07, 6.45) is 1.70. The Morgan fingerprint density at radius 2 is 1.83 bits per heavy atom. The maximum Gasteiger partial charge on any atom is 0.282 e. The molecule has 0 bridgehead atoms. The van der Waals surface area contributed by atoms with Crippen molar-refractivity contribution >= 4 is 34.4 Å². The van der Waals surface area contributed by atoms with Gasteiger partial charge < -0.3 is 9.80 Å². The third kappa shape index (κ3) is 3.47. The molecule has 0 unspecified atom stereocenters. The summed E-state index contributed by atoms with van der Waals surface area (Å²) >= 11 is 1.34. The quantitative estimate of drug-likeness (QED) is 0.716. The van der Waals surface area contributed by atoms with Crippen LogP contribution in [-0.2, 0) is 9.59 Å². The summed E-state index contributed by atoms with van der Waals surface area (Å²) in [4.78, 5) is 32.1. The van der Waals surface area contributed by atoms with Gasteiger partial charge in [0.25, 0.3) is 11.8 Å². The number of halogens is 2. The van der Waals surface area contributed by atoms with Crippen molar-refractivity contribution in [3.63, 3.8) is 0 Å². The van der Waals surface area contributed by atoms with Crippen LogP contribution in [0.1, 0.15) is 17.7 Å². The molecular weight excluding hydrogens is 396 g/mol. The van der Waals surface area contributed by atoms with E-state index in [9.17, 15) is 18.4 Å². The fourth-order valence-corrected chi connectivity index (χ4v) is 4.69. The van der Waals surface area contributed by atoms with Gasteiger partial charge in [-0.3, -0.25) is 9.59 Å². The molecule has 0 aliphatic carbocycles. The summed E-state index contributed by atoms with van der Waals surface area (Å²) in [6.45, 7) is 1.78. The van der Waals surface area contributed by atoms with Gasteiger partial charge in [-0.2, -0.15) is 0 Å². The number of likely N-dealkylation sites (tertiary alicyclic amines) is 1. The Morgan fingerprint density at radius 3 is 2.48 bits per heavy atom. The van der Waals surface area contributed by atoms with Gasteiger partial charge in [-0.25, -0.2) is 13.7 Å². The molecule has 0 saturated carbocycles. The first kappa shape index (κ1) is 19.7.